The molecule has 2 aromatic heterocycles. The highest BCUT2D eigenvalue weighted by molar-refractivity contribution is 8.00. The van der Waals surface area contributed by atoms with E-state index in [9.17, 15) is 13.6 Å². The van der Waals surface area contributed by atoms with E-state index in [4.69, 9.17) is 4.52 Å². The predicted molar refractivity (Wildman–Crippen MR) is 86.2 cm³/mol. The second kappa shape index (κ2) is 6.60. The molecular formula is C15H14F2N4O2S. The van der Waals surface area contributed by atoms with Crippen molar-refractivity contribution >= 4 is 34.6 Å². The smallest absolute Gasteiger partial charge is 0.321 e. The molecule has 1 aromatic carbocycles. The van der Waals surface area contributed by atoms with Gasteiger partial charge in [0.2, 0.25) is 11.8 Å². The van der Waals surface area contributed by atoms with Gasteiger partial charge >= 0.3 is 6.55 Å². The van der Waals surface area contributed by atoms with E-state index in [-0.39, 0.29) is 16.9 Å². The molecule has 0 saturated carbocycles. The number of hydrogen-bond acceptors (Lipinski definition) is 5. The molecule has 1 amide bonds. The molecule has 2 heterocycles. The molecule has 1 unspecified atom stereocenters. The Morgan fingerprint density at radius 1 is 1.38 bits per heavy atom. The number of para-hydroxylation sites is 2. The molecule has 0 aliphatic rings. The number of nitrogens with one attached hydrogen (secondary N) is 1. The van der Waals surface area contributed by atoms with E-state index in [1.807, 2.05) is 0 Å². The van der Waals surface area contributed by atoms with Gasteiger partial charge in [0.15, 0.2) is 5.16 Å². The van der Waals surface area contributed by atoms with Crippen molar-refractivity contribution in [2.45, 2.75) is 30.8 Å². The number of nitrogens with zero attached hydrogens (tertiary/aromatic N) is 3. The monoisotopic (exact) mass is 352 g/mol. The molecule has 1 N–H and O–H groups in total. The van der Waals surface area contributed by atoms with Crippen molar-refractivity contribution in [3.05, 3.63) is 36.0 Å². The number of amides is 1. The maximum Gasteiger partial charge on any atom is 0.321 e. The lowest BCUT2D eigenvalue weighted by molar-refractivity contribution is -0.115. The highest BCUT2D eigenvalue weighted by Crippen LogP contribution is 2.31. The molecule has 126 valence electrons. The second-order valence-electron chi connectivity index (χ2n) is 5.11. The molecule has 6 nitrogen and oxygen atoms in total. The molecule has 0 fully saturated rings. The van der Waals surface area contributed by atoms with Crippen molar-refractivity contribution in [1.29, 1.82) is 0 Å². The summed E-state index contributed by atoms with van der Waals surface area (Å²) in [7, 11) is 0. The Hall–Kier alpha value is -2.42. The number of aromatic nitrogens is 3. The Balaban J connectivity index is 1.81. The average molecular weight is 352 g/mol. The molecule has 0 saturated heterocycles. The van der Waals surface area contributed by atoms with Gasteiger partial charge in [-0.15, -0.1) is 0 Å². The Labute approximate surface area is 140 Å². The van der Waals surface area contributed by atoms with Gasteiger partial charge in [0.05, 0.1) is 22.0 Å². The van der Waals surface area contributed by atoms with Gasteiger partial charge in [0, 0.05) is 6.07 Å². The van der Waals surface area contributed by atoms with Crippen LogP contribution in [0.4, 0.5) is 14.7 Å². The third-order valence-electron chi connectivity index (χ3n) is 3.28. The molecule has 1 atom stereocenters. The standard InChI is InChI=1S/C15H14F2N4O2S/c1-8-7-12(23-20-8)19-13(22)9(2)24-15-18-10-5-3-4-6-11(10)21(15)14(16)17/h3-7,9,14H,1-2H3,(H,19,22). The van der Waals surface area contributed by atoms with Gasteiger partial charge in [-0.25, -0.2) is 4.98 Å². The highest BCUT2D eigenvalue weighted by atomic mass is 32.2. The van der Waals surface area contributed by atoms with Crippen molar-refractivity contribution in [3.8, 4) is 0 Å². The number of imidazole rings is 1. The van der Waals surface area contributed by atoms with Gasteiger partial charge in [-0.1, -0.05) is 29.1 Å². The molecule has 3 rings (SSSR count). The van der Waals surface area contributed by atoms with Gasteiger partial charge in [-0.05, 0) is 26.0 Å². The first kappa shape index (κ1) is 16.4. The van der Waals surface area contributed by atoms with E-state index in [0.717, 1.165) is 16.3 Å². The summed E-state index contributed by atoms with van der Waals surface area (Å²) >= 11 is 0.956. The van der Waals surface area contributed by atoms with Gasteiger partial charge in [0.1, 0.15) is 0 Å². The zero-order valence-corrected chi connectivity index (χ0v) is 13.7. The summed E-state index contributed by atoms with van der Waals surface area (Å²) in [6.07, 6.45) is 0. The van der Waals surface area contributed by atoms with Gasteiger partial charge < -0.3 is 4.52 Å². The van der Waals surface area contributed by atoms with Gasteiger partial charge in [-0.2, -0.15) is 8.78 Å². The van der Waals surface area contributed by atoms with E-state index in [2.05, 4.69) is 15.5 Å². The lowest BCUT2D eigenvalue weighted by atomic mass is 10.3. The van der Waals surface area contributed by atoms with E-state index in [0.29, 0.717) is 16.7 Å². The number of thioether (sulfide) groups is 1. The number of rotatable bonds is 5. The molecule has 0 aliphatic carbocycles. The summed E-state index contributed by atoms with van der Waals surface area (Å²) < 4.78 is 32.5. The van der Waals surface area contributed by atoms with Crippen LogP contribution in [0.5, 0.6) is 0 Å². The van der Waals surface area contributed by atoms with Crippen LogP contribution in [0.3, 0.4) is 0 Å². The van der Waals surface area contributed by atoms with Crippen molar-refractivity contribution in [2.24, 2.45) is 0 Å². The minimum absolute atomic E-state index is 0.0857. The van der Waals surface area contributed by atoms with E-state index >= 15 is 0 Å². The fourth-order valence-electron chi connectivity index (χ4n) is 2.15. The highest BCUT2D eigenvalue weighted by Gasteiger charge is 2.23. The normalized spacial score (nSPS) is 12.7. The first-order valence-corrected chi connectivity index (χ1v) is 7.99. The molecular weight excluding hydrogens is 338 g/mol. The maximum absolute atomic E-state index is 13.4. The quantitative estimate of drug-likeness (QED) is 0.706. The number of carbonyl (C=O) groups is 1. The fraction of sp³-hybridized carbons (Fsp3) is 0.267. The van der Waals surface area contributed by atoms with Crippen LogP contribution in [-0.4, -0.2) is 25.9 Å². The summed E-state index contributed by atoms with van der Waals surface area (Å²) in [6, 6.07) is 8.19. The Bertz CT molecular complexity index is 877. The molecule has 9 heteroatoms. The lowest BCUT2D eigenvalue weighted by Crippen LogP contribution is -2.22. The number of hydrogen-bond donors (Lipinski definition) is 1. The minimum atomic E-state index is -2.74. The molecule has 24 heavy (non-hydrogen) atoms. The zero-order valence-electron chi connectivity index (χ0n) is 12.9. The van der Waals surface area contributed by atoms with Gasteiger partial charge in [-0.3, -0.25) is 14.7 Å². The molecule has 0 bridgehead atoms. The van der Waals surface area contributed by atoms with Crippen LogP contribution < -0.4 is 5.32 Å². The summed E-state index contributed by atoms with van der Waals surface area (Å²) in [5, 5.41) is 5.66. The van der Waals surface area contributed by atoms with Crippen molar-refractivity contribution in [3.63, 3.8) is 0 Å². The molecule has 3 aromatic rings. The van der Waals surface area contributed by atoms with Crippen LogP contribution >= 0.6 is 11.8 Å². The summed E-state index contributed by atoms with van der Waals surface area (Å²) in [6.45, 7) is 0.591. The zero-order chi connectivity index (χ0) is 17.3. The SMILES string of the molecule is Cc1cc(NC(=O)C(C)Sc2nc3ccccc3n2C(F)F)on1. The third kappa shape index (κ3) is 3.25. The van der Waals surface area contributed by atoms with Crippen molar-refractivity contribution in [1.82, 2.24) is 14.7 Å². The number of fused-ring (bicyclic) bond motifs is 1. The van der Waals surface area contributed by atoms with E-state index in [1.54, 1.807) is 44.2 Å². The Morgan fingerprint density at radius 3 is 2.79 bits per heavy atom. The fourth-order valence-corrected chi connectivity index (χ4v) is 3.08. The maximum atomic E-state index is 13.4. The number of alkyl halides is 2. The van der Waals surface area contributed by atoms with Crippen LogP contribution in [0.15, 0.2) is 40.0 Å². The van der Waals surface area contributed by atoms with Gasteiger partial charge in [0.25, 0.3) is 0 Å². The largest absolute Gasteiger partial charge is 0.338 e. The molecule has 0 spiro atoms. The topological polar surface area (TPSA) is 73.0 Å². The first-order chi connectivity index (χ1) is 11.5. The minimum Gasteiger partial charge on any atom is -0.338 e. The van der Waals surface area contributed by atoms with Crippen LogP contribution in [0.2, 0.25) is 0 Å². The molecule has 0 aliphatic heterocycles. The number of aryl methyl sites for hydroxylation is 1. The summed E-state index contributed by atoms with van der Waals surface area (Å²) in [5.41, 5.74) is 1.41. The predicted octanol–water partition coefficient (Wildman–Crippen LogP) is 3.85. The average Bonchev–Trinajstić information content (AvgIpc) is 3.09. The van der Waals surface area contributed by atoms with Crippen molar-refractivity contribution < 1.29 is 18.1 Å². The summed E-state index contributed by atoms with van der Waals surface area (Å²) in [4.78, 5) is 16.4. The van der Waals surface area contributed by atoms with E-state index < -0.39 is 11.8 Å². The van der Waals surface area contributed by atoms with Crippen LogP contribution in [0.25, 0.3) is 11.0 Å². The Kier molecular flexibility index (Phi) is 4.52. The van der Waals surface area contributed by atoms with Crippen molar-refractivity contribution in [2.75, 3.05) is 5.32 Å². The third-order valence-corrected chi connectivity index (χ3v) is 4.35. The number of carbonyl (C=O) groups excluding carboxylic acids is 1. The Morgan fingerprint density at radius 2 is 2.12 bits per heavy atom. The van der Waals surface area contributed by atoms with E-state index in [1.165, 1.54) is 0 Å². The second-order valence-corrected chi connectivity index (χ2v) is 6.42. The number of halogens is 2. The summed E-state index contributed by atoms with van der Waals surface area (Å²) in [5.74, 6) is -0.170. The first-order valence-electron chi connectivity index (χ1n) is 7.11. The van der Waals surface area contributed by atoms with Crippen LogP contribution in [0, 0.1) is 6.92 Å². The number of benzene rings is 1. The number of anilines is 1. The van der Waals surface area contributed by atoms with Crippen LogP contribution in [0.1, 0.15) is 19.2 Å². The lowest BCUT2D eigenvalue weighted by Gasteiger charge is -2.11. The van der Waals surface area contributed by atoms with Crippen LogP contribution in [-0.2, 0) is 4.79 Å². The molecule has 0 radical (unpaired) electrons.